The molecule has 7 nitrogen and oxygen atoms in total. The summed E-state index contributed by atoms with van der Waals surface area (Å²) in [5.41, 5.74) is 1.91. The van der Waals surface area contributed by atoms with Crippen molar-refractivity contribution in [3.8, 4) is 5.69 Å². The number of hydrogen-bond donors (Lipinski definition) is 2. The molecular formula is C22H21N3O4. The van der Waals surface area contributed by atoms with Gasteiger partial charge in [-0.3, -0.25) is 14.3 Å². The number of carbonyl (C=O) groups excluding carboxylic acids is 1. The Bertz CT molecular complexity index is 1150. The molecule has 0 aliphatic carbocycles. The Morgan fingerprint density at radius 2 is 1.66 bits per heavy atom. The Kier molecular flexibility index (Phi) is 5.50. The molecule has 29 heavy (non-hydrogen) atoms. The van der Waals surface area contributed by atoms with E-state index >= 15 is 0 Å². The average Bonchev–Trinajstić information content (AvgIpc) is 2.92. The smallest absolute Gasteiger partial charge is 0.353 e. The molecule has 0 fully saturated rings. The fourth-order valence-electron chi connectivity index (χ4n) is 3.08. The molecule has 0 atom stereocenters. The van der Waals surface area contributed by atoms with E-state index in [1.54, 1.807) is 55.1 Å². The lowest BCUT2D eigenvalue weighted by molar-refractivity contribution is -0.132. The highest BCUT2D eigenvalue weighted by Gasteiger charge is 2.22. The van der Waals surface area contributed by atoms with Gasteiger partial charge < -0.3 is 10.4 Å². The first-order chi connectivity index (χ1) is 13.8. The number of aliphatic carboxylic acids is 1. The summed E-state index contributed by atoms with van der Waals surface area (Å²) in [6, 6.07) is 15.9. The molecule has 0 aliphatic rings. The molecule has 0 spiro atoms. The van der Waals surface area contributed by atoms with E-state index in [0.29, 0.717) is 23.2 Å². The standard InChI is InChI=1S/C22H21N3O4/c1-14-9-11-16(12-10-14)18(13-26)20(22(28)29)23-19-15(2)24(3)25(21(19)27)17-7-5-4-6-8-17/h4-13,23H,1-3H3,(H,28,29). The number of allylic oxidation sites excluding steroid dienone is 1. The predicted molar refractivity (Wildman–Crippen MR) is 111 cm³/mol. The predicted octanol–water partition coefficient (Wildman–Crippen LogP) is 2.90. The summed E-state index contributed by atoms with van der Waals surface area (Å²) < 4.78 is 3.07. The van der Waals surface area contributed by atoms with Gasteiger partial charge in [0.05, 0.1) is 17.0 Å². The summed E-state index contributed by atoms with van der Waals surface area (Å²) in [5.74, 6) is -1.33. The molecule has 0 aliphatic heterocycles. The van der Waals surface area contributed by atoms with Crippen LogP contribution in [0.2, 0.25) is 0 Å². The van der Waals surface area contributed by atoms with Crippen molar-refractivity contribution in [1.82, 2.24) is 9.36 Å². The van der Waals surface area contributed by atoms with Gasteiger partial charge in [0.2, 0.25) is 0 Å². The number of rotatable bonds is 6. The first kappa shape index (κ1) is 19.9. The van der Waals surface area contributed by atoms with E-state index in [1.165, 1.54) is 4.68 Å². The molecule has 7 heteroatoms. The summed E-state index contributed by atoms with van der Waals surface area (Å²) in [4.78, 5) is 36.7. The van der Waals surface area contributed by atoms with Crippen LogP contribution in [0.15, 0.2) is 65.1 Å². The monoisotopic (exact) mass is 391 g/mol. The fraction of sp³-hybridized carbons (Fsp3) is 0.136. The van der Waals surface area contributed by atoms with E-state index in [-0.39, 0.29) is 17.0 Å². The molecule has 0 bridgehead atoms. The van der Waals surface area contributed by atoms with Crippen molar-refractivity contribution in [3.05, 3.63) is 87.5 Å². The average molecular weight is 391 g/mol. The maximum Gasteiger partial charge on any atom is 0.353 e. The summed E-state index contributed by atoms with van der Waals surface area (Å²) in [6.45, 7) is 3.60. The van der Waals surface area contributed by atoms with Crippen LogP contribution in [-0.2, 0) is 16.6 Å². The first-order valence-corrected chi connectivity index (χ1v) is 8.96. The second-order valence-electron chi connectivity index (χ2n) is 6.64. The van der Waals surface area contributed by atoms with Crippen LogP contribution in [-0.4, -0.2) is 26.7 Å². The normalized spacial score (nSPS) is 11.7. The van der Waals surface area contributed by atoms with Crippen LogP contribution >= 0.6 is 0 Å². The highest BCUT2D eigenvalue weighted by molar-refractivity contribution is 6.16. The van der Waals surface area contributed by atoms with Gasteiger partial charge in [-0.2, -0.15) is 0 Å². The molecule has 1 heterocycles. The number of carboxylic acids is 1. The zero-order valence-corrected chi connectivity index (χ0v) is 16.3. The minimum atomic E-state index is -1.33. The maximum atomic E-state index is 13.0. The first-order valence-electron chi connectivity index (χ1n) is 8.96. The minimum absolute atomic E-state index is 0.0357. The van der Waals surface area contributed by atoms with E-state index < -0.39 is 11.5 Å². The van der Waals surface area contributed by atoms with Crippen LogP contribution < -0.4 is 10.9 Å². The van der Waals surface area contributed by atoms with Crippen LogP contribution in [0.5, 0.6) is 0 Å². The van der Waals surface area contributed by atoms with Gasteiger partial charge in [-0.25, -0.2) is 9.48 Å². The zero-order valence-electron chi connectivity index (χ0n) is 16.3. The zero-order chi connectivity index (χ0) is 21.1. The number of aldehydes is 1. The number of para-hydroxylation sites is 1. The van der Waals surface area contributed by atoms with E-state index in [0.717, 1.165) is 5.56 Å². The lowest BCUT2D eigenvalue weighted by atomic mass is 10.0. The van der Waals surface area contributed by atoms with Crippen LogP contribution in [0.3, 0.4) is 0 Å². The number of benzene rings is 2. The Balaban J connectivity index is 2.16. The molecule has 3 rings (SSSR count). The van der Waals surface area contributed by atoms with Gasteiger partial charge in [0.25, 0.3) is 5.56 Å². The Labute approximate surface area is 167 Å². The van der Waals surface area contributed by atoms with Crippen LogP contribution in [0.4, 0.5) is 5.69 Å². The number of aryl methyl sites for hydroxylation is 1. The molecule has 0 saturated carbocycles. The van der Waals surface area contributed by atoms with E-state index in [1.807, 2.05) is 25.1 Å². The summed E-state index contributed by atoms with van der Waals surface area (Å²) in [7, 11) is 1.71. The summed E-state index contributed by atoms with van der Waals surface area (Å²) in [6.07, 6.45) is 0.481. The number of carboxylic acid groups (broad SMARTS) is 1. The Morgan fingerprint density at radius 3 is 2.21 bits per heavy atom. The van der Waals surface area contributed by atoms with Crippen molar-refractivity contribution in [2.75, 3.05) is 5.32 Å². The maximum absolute atomic E-state index is 13.0. The molecule has 148 valence electrons. The Hall–Kier alpha value is -3.87. The van der Waals surface area contributed by atoms with Gasteiger partial charge in [-0.15, -0.1) is 0 Å². The van der Waals surface area contributed by atoms with Crippen LogP contribution in [0, 0.1) is 13.8 Å². The van der Waals surface area contributed by atoms with Crippen LogP contribution in [0.25, 0.3) is 11.3 Å². The van der Waals surface area contributed by atoms with Gasteiger partial charge in [-0.05, 0) is 31.5 Å². The minimum Gasteiger partial charge on any atom is -0.477 e. The summed E-state index contributed by atoms with van der Waals surface area (Å²) in [5, 5.41) is 12.4. The number of aromatic nitrogens is 2. The third kappa shape index (κ3) is 3.75. The van der Waals surface area contributed by atoms with Crippen molar-refractivity contribution in [3.63, 3.8) is 0 Å². The molecule has 0 radical (unpaired) electrons. The lowest BCUT2D eigenvalue weighted by Gasteiger charge is -2.10. The number of anilines is 1. The molecule has 1 aromatic heterocycles. The van der Waals surface area contributed by atoms with E-state index in [4.69, 9.17) is 0 Å². The van der Waals surface area contributed by atoms with Gasteiger partial charge >= 0.3 is 5.97 Å². The van der Waals surface area contributed by atoms with E-state index in [9.17, 15) is 19.5 Å². The number of nitrogens with one attached hydrogen (secondary N) is 1. The Morgan fingerprint density at radius 1 is 1.03 bits per heavy atom. The van der Waals surface area contributed by atoms with Gasteiger partial charge in [0.1, 0.15) is 11.4 Å². The second kappa shape index (κ2) is 8.02. The molecular weight excluding hydrogens is 370 g/mol. The third-order valence-corrected chi connectivity index (χ3v) is 4.77. The highest BCUT2D eigenvalue weighted by Crippen LogP contribution is 2.21. The number of carbonyl (C=O) groups is 2. The lowest BCUT2D eigenvalue weighted by Crippen LogP contribution is -2.22. The molecule has 2 N–H and O–H groups in total. The molecule has 3 aromatic rings. The van der Waals surface area contributed by atoms with Crippen molar-refractivity contribution in [2.45, 2.75) is 13.8 Å². The molecule has 0 amide bonds. The topological polar surface area (TPSA) is 93.3 Å². The molecule has 0 unspecified atom stereocenters. The van der Waals surface area contributed by atoms with Crippen molar-refractivity contribution in [1.29, 1.82) is 0 Å². The molecule has 2 aromatic carbocycles. The van der Waals surface area contributed by atoms with Crippen molar-refractivity contribution < 1.29 is 14.7 Å². The van der Waals surface area contributed by atoms with E-state index in [2.05, 4.69) is 5.32 Å². The third-order valence-electron chi connectivity index (χ3n) is 4.77. The van der Waals surface area contributed by atoms with Gasteiger partial charge in [-0.1, -0.05) is 48.0 Å². The summed E-state index contributed by atoms with van der Waals surface area (Å²) >= 11 is 0. The SMILES string of the molecule is Cc1ccc(C(C=O)=C(Nc2c(C)n(C)n(-c3ccccc3)c2=O)C(=O)O)cc1. The van der Waals surface area contributed by atoms with Crippen molar-refractivity contribution in [2.24, 2.45) is 7.05 Å². The van der Waals surface area contributed by atoms with Gasteiger partial charge in [0, 0.05) is 7.05 Å². The second-order valence-corrected chi connectivity index (χ2v) is 6.64. The molecule has 0 saturated heterocycles. The van der Waals surface area contributed by atoms with Crippen molar-refractivity contribution >= 4 is 23.5 Å². The fourth-order valence-corrected chi connectivity index (χ4v) is 3.08. The van der Waals surface area contributed by atoms with Gasteiger partial charge in [0.15, 0.2) is 6.29 Å². The largest absolute Gasteiger partial charge is 0.477 e. The number of hydrogen-bond acceptors (Lipinski definition) is 4. The number of nitrogens with zero attached hydrogens (tertiary/aromatic N) is 2. The highest BCUT2D eigenvalue weighted by atomic mass is 16.4. The quantitative estimate of drug-likeness (QED) is 0.498. The van der Waals surface area contributed by atoms with Crippen LogP contribution in [0.1, 0.15) is 16.8 Å².